The molecule has 1 saturated carbocycles. The second-order valence-electron chi connectivity index (χ2n) is 5.12. The highest BCUT2D eigenvalue weighted by Crippen LogP contribution is 2.38. The third kappa shape index (κ3) is 3.08. The van der Waals surface area contributed by atoms with E-state index < -0.39 is 5.97 Å². The molecule has 0 radical (unpaired) electrons. The first-order valence-corrected chi connectivity index (χ1v) is 8.54. The molecule has 1 N–H and O–H groups in total. The van der Waals surface area contributed by atoms with E-state index in [9.17, 15) is 9.59 Å². The van der Waals surface area contributed by atoms with Gasteiger partial charge >= 0.3 is 5.97 Å². The molecule has 1 aromatic heterocycles. The molecule has 1 amide bonds. The fourth-order valence-electron chi connectivity index (χ4n) is 2.16. The molecule has 1 fully saturated rings. The van der Waals surface area contributed by atoms with Gasteiger partial charge in [0.25, 0.3) is 0 Å². The number of hydrogen-bond acceptors (Lipinski definition) is 4. The van der Waals surface area contributed by atoms with Gasteiger partial charge in [-0.1, -0.05) is 28.1 Å². The van der Waals surface area contributed by atoms with Crippen molar-refractivity contribution in [3.63, 3.8) is 0 Å². The van der Waals surface area contributed by atoms with Gasteiger partial charge in [0.15, 0.2) is 0 Å². The number of amides is 1. The van der Waals surface area contributed by atoms with Crippen LogP contribution in [0.15, 0.2) is 34.1 Å². The summed E-state index contributed by atoms with van der Waals surface area (Å²) in [5.41, 5.74) is 2.10. The van der Waals surface area contributed by atoms with Crippen LogP contribution in [0.3, 0.4) is 0 Å². The normalized spacial score (nSPS) is 13.7. The summed E-state index contributed by atoms with van der Waals surface area (Å²) in [6, 6.07) is 7.67. The summed E-state index contributed by atoms with van der Waals surface area (Å²) in [6.45, 7) is 0. The summed E-state index contributed by atoms with van der Waals surface area (Å²) in [5, 5.41) is 5.29. The average Bonchev–Trinajstić information content (AvgIpc) is 3.29. The van der Waals surface area contributed by atoms with Crippen LogP contribution in [0.1, 0.15) is 23.2 Å². The largest absolute Gasteiger partial charge is 0.465 e. The SMILES string of the molecule is COC(=O)c1c(-c2ccc(Br)cc2)csc1NC(=O)C1CC1. The molecular formula is C16H14BrNO3S. The van der Waals surface area contributed by atoms with Crippen molar-refractivity contribution in [2.24, 2.45) is 5.92 Å². The second-order valence-corrected chi connectivity index (χ2v) is 6.91. The van der Waals surface area contributed by atoms with Gasteiger partial charge in [-0.25, -0.2) is 4.79 Å². The Labute approximate surface area is 140 Å². The van der Waals surface area contributed by atoms with E-state index in [-0.39, 0.29) is 11.8 Å². The molecule has 6 heteroatoms. The lowest BCUT2D eigenvalue weighted by Crippen LogP contribution is -2.15. The summed E-state index contributed by atoms with van der Waals surface area (Å²) in [7, 11) is 1.35. The molecule has 0 unspecified atom stereocenters. The molecule has 1 aromatic carbocycles. The van der Waals surface area contributed by atoms with Crippen LogP contribution < -0.4 is 5.32 Å². The summed E-state index contributed by atoms with van der Waals surface area (Å²) < 4.78 is 5.85. The Morgan fingerprint density at radius 3 is 2.55 bits per heavy atom. The molecule has 0 saturated heterocycles. The lowest BCUT2D eigenvalue weighted by Gasteiger charge is -2.07. The fourth-order valence-corrected chi connectivity index (χ4v) is 3.38. The van der Waals surface area contributed by atoms with Crippen molar-refractivity contribution in [3.05, 3.63) is 39.7 Å². The Morgan fingerprint density at radius 1 is 1.27 bits per heavy atom. The number of anilines is 1. The molecule has 2 aromatic rings. The number of hydrogen-bond donors (Lipinski definition) is 1. The van der Waals surface area contributed by atoms with Crippen molar-refractivity contribution < 1.29 is 14.3 Å². The number of thiophene rings is 1. The van der Waals surface area contributed by atoms with Crippen LogP contribution >= 0.6 is 27.3 Å². The monoisotopic (exact) mass is 379 g/mol. The number of rotatable bonds is 4. The number of halogens is 1. The highest BCUT2D eigenvalue weighted by atomic mass is 79.9. The third-order valence-electron chi connectivity index (χ3n) is 3.52. The molecular weight excluding hydrogens is 366 g/mol. The average molecular weight is 380 g/mol. The Morgan fingerprint density at radius 2 is 1.95 bits per heavy atom. The molecule has 1 heterocycles. The van der Waals surface area contributed by atoms with Crippen molar-refractivity contribution in [3.8, 4) is 11.1 Å². The molecule has 3 rings (SSSR count). The molecule has 1 aliphatic carbocycles. The van der Waals surface area contributed by atoms with Crippen molar-refractivity contribution in [2.75, 3.05) is 12.4 Å². The zero-order valence-corrected chi connectivity index (χ0v) is 14.3. The molecule has 114 valence electrons. The van der Waals surface area contributed by atoms with Gasteiger partial charge in [0.1, 0.15) is 10.6 Å². The lowest BCUT2D eigenvalue weighted by atomic mass is 10.0. The lowest BCUT2D eigenvalue weighted by molar-refractivity contribution is -0.117. The Bertz CT molecular complexity index is 719. The van der Waals surface area contributed by atoms with Crippen molar-refractivity contribution in [1.29, 1.82) is 0 Å². The van der Waals surface area contributed by atoms with Gasteiger partial charge in [-0.2, -0.15) is 0 Å². The standard InChI is InChI=1S/C16H14BrNO3S/c1-21-16(20)13-12(9-4-6-11(17)7-5-9)8-22-15(13)18-14(19)10-2-3-10/h4-8,10H,2-3H2,1H3,(H,18,19). The van der Waals surface area contributed by atoms with Crippen LogP contribution in [-0.4, -0.2) is 19.0 Å². The van der Waals surface area contributed by atoms with Crippen LogP contribution in [0, 0.1) is 5.92 Å². The quantitative estimate of drug-likeness (QED) is 0.805. The van der Waals surface area contributed by atoms with Crippen LogP contribution in [0.25, 0.3) is 11.1 Å². The van der Waals surface area contributed by atoms with Gasteiger partial charge in [-0.05, 0) is 30.5 Å². The maximum Gasteiger partial charge on any atom is 0.341 e. The predicted octanol–water partition coefficient (Wildman–Crippen LogP) is 4.31. The van der Waals surface area contributed by atoms with Crippen LogP contribution in [0.5, 0.6) is 0 Å². The minimum absolute atomic E-state index is 0.0191. The zero-order chi connectivity index (χ0) is 15.7. The van der Waals surface area contributed by atoms with E-state index >= 15 is 0 Å². The van der Waals surface area contributed by atoms with Crippen molar-refractivity contribution >= 4 is 44.1 Å². The maximum absolute atomic E-state index is 12.1. The Balaban J connectivity index is 1.98. The van der Waals surface area contributed by atoms with Crippen LogP contribution in [0.2, 0.25) is 0 Å². The number of carbonyl (C=O) groups is 2. The first-order valence-electron chi connectivity index (χ1n) is 6.86. The van der Waals surface area contributed by atoms with E-state index in [1.807, 2.05) is 29.6 Å². The minimum Gasteiger partial charge on any atom is -0.465 e. The smallest absolute Gasteiger partial charge is 0.341 e. The van der Waals surface area contributed by atoms with Crippen molar-refractivity contribution in [2.45, 2.75) is 12.8 Å². The zero-order valence-electron chi connectivity index (χ0n) is 11.9. The van der Waals surface area contributed by atoms with Gasteiger partial charge in [-0.15, -0.1) is 11.3 Å². The topological polar surface area (TPSA) is 55.4 Å². The molecule has 0 bridgehead atoms. The Hall–Kier alpha value is -1.66. The molecule has 0 spiro atoms. The third-order valence-corrected chi connectivity index (χ3v) is 4.94. The van der Waals surface area contributed by atoms with Crippen LogP contribution in [0.4, 0.5) is 5.00 Å². The van der Waals surface area contributed by atoms with E-state index in [0.29, 0.717) is 10.6 Å². The van der Waals surface area contributed by atoms with Crippen molar-refractivity contribution in [1.82, 2.24) is 0 Å². The number of nitrogens with one attached hydrogen (secondary N) is 1. The maximum atomic E-state index is 12.1. The predicted molar refractivity (Wildman–Crippen MR) is 90.1 cm³/mol. The summed E-state index contributed by atoms with van der Waals surface area (Å²) in [6.07, 6.45) is 1.84. The van der Waals surface area contributed by atoms with E-state index in [4.69, 9.17) is 4.74 Å². The van der Waals surface area contributed by atoms with Gasteiger partial charge < -0.3 is 10.1 Å². The summed E-state index contributed by atoms with van der Waals surface area (Å²) in [5.74, 6) is -0.372. The molecule has 1 aliphatic rings. The second kappa shape index (κ2) is 6.22. The summed E-state index contributed by atoms with van der Waals surface area (Å²) >= 11 is 4.74. The van der Waals surface area contributed by atoms with E-state index in [0.717, 1.165) is 28.4 Å². The van der Waals surface area contributed by atoms with E-state index in [2.05, 4.69) is 21.2 Å². The number of carbonyl (C=O) groups excluding carboxylic acids is 2. The van der Waals surface area contributed by atoms with Gasteiger partial charge in [-0.3, -0.25) is 4.79 Å². The highest BCUT2D eigenvalue weighted by Gasteiger charge is 2.31. The van der Waals surface area contributed by atoms with Crippen LogP contribution in [-0.2, 0) is 9.53 Å². The van der Waals surface area contributed by atoms with Gasteiger partial charge in [0.2, 0.25) is 5.91 Å². The highest BCUT2D eigenvalue weighted by molar-refractivity contribution is 9.10. The fraction of sp³-hybridized carbons (Fsp3) is 0.250. The first-order chi connectivity index (χ1) is 10.6. The van der Waals surface area contributed by atoms with E-state index in [1.54, 1.807) is 0 Å². The first kappa shape index (κ1) is 15.2. The molecule has 0 atom stereocenters. The number of benzene rings is 1. The Kier molecular flexibility index (Phi) is 4.31. The number of esters is 1. The van der Waals surface area contributed by atoms with Gasteiger partial charge in [0.05, 0.1) is 7.11 Å². The minimum atomic E-state index is -0.440. The molecule has 0 aliphatic heterocycles. The molecule has 4 nitrogen and oxygen atoms in total. The molecule has 22 heavy (non-hydrogen) atoms. The number of ether oxygens (including phenoxy) is 1. The number of methoxy groups -OCH3 is 1. The van der Waals surface area contributed by atoms with E-state index in [1.165, 1.54) is 18.4 Å². The van der Waals surface area contributed by atoms with Gasteiger partial charge in [0, 0.05) is 21.3 Å². The summed E-state index contributed by atoms with van der Waals surface area (Å²) in [4.78, 5) is 24.1.